The molecule has 31 heavy (non-hydrogen) atoms. The summed E-state index contributed by atoms with van der Waals surface area (Å²) in [6, 6.07) is 5.95. The molecular weight excluding hydrogens is 420 g/mol. The summed E-state index contributed by atoms with van der Waals surface area (Å²) >= 11 is 0. The number of hydrogen-bond acceptors (Lipinski definition) is 6. The number of nitrogens with one attached hydrogen (secondary N) is 1. The Morgan fingerprint density at radius 3 is 2.26 bits per heavy atom. The third-order valence-electron chi connectivity index (χ3n) is 6.01. The molecule has 1 amide bonds. The third kappa shape index (κ3) is 5.84. The number of aliphatic hydroxyl groups is 1. The van der Waals surface area contributed by atoms with Crippen LogP contribution in [0.15, 0.2) is 29.2 Å². The van der Waals surface area contributed by atoms with Crippen molar-refractivity contribution in [3.05, 3.63) is 24.3 Å². The average Bonchev–Trinajstić information content (AvgIpc) is 2.72. The van der Waals surface area contributed by atoms with Crippen LogP contribution in [0.1, 0.15) is 52.4 Å². The van der Waals surface area contributed by atoms with Crippen molar-refractivity contribution in [1.82, 2.24) is 4.31 Å². The first-order valence-corrected chi connectivity index (χ1v) is 12.3. The third-order valence-corrected chi connectivity index (χ3v) is 7.85. The second-order valence-corrected chi connectivity index (χ2v) is 10.9. The monoisotopic (exact) mass is 452 g/mol. The molecule has 1 heterocycles. The van der Waals surface area contributed by atoms with E-state index in [4.69, 9.17) is 4.74 Å². The SMILES string of the molecule is C[C@@H]1C[C@@H](C)CN(S(=O)(=O)c2ccc(NC(=O)COC(=O)C3(O)CCCCC3)cc2)C1. The van der Waals surface area contributed by atoms with E-state index in [2.05, 4.69) is 19.2 Å². The molecular formula is C22H32N2O6S. The van der Waals surface area contributed by atoms with Crippen molar-refractivity contribution < 1.29 is 27.9 Å². The molecule has 2 atom stereocenters. The lowest BCUT2D eigenvalue weighted by Crippen LogP contribution is -2.42. The summed E-state index contributed by atoms with van der Waals surface area (Å²) < 4.78 is 32.4. The van der Waals surface area contributed by atoms with Crippen molar-refractivity contribution in [2.24, 2.45) is 11.8 Å². The van der Waals surface area contributed by atoms with Gasteiger partial charge in [-0.05, 0) is 68.2 Å². The highest BCUT2D eigenvalue weighted by atomic mass is 32.2. The number of sulfonamides is 1. The Hall–Kier alpha value is -1.97. The van der Waals surface area contributed by atoms with Crippen LogP contribution in [0.2, 0.25) is 0 Å². The number of benzene rings is 1. The van der Waals surface area contributed by atoms with Crippen molar-refractivity contribution >= 4 is 27.6 Å². The first-order valence-electron chi connectivity index (χ1n) is 10.9. The Bertz CT molecular complexity index is 883. The van der Waals surface area contributed by atoms with E-state index >= 15 is 0 Å². The van der Waals surface area contributed by atoms with Gasteiger partial charge in [-0.25, -0.2) is 13.2 Å². The minimum atomic E-state index is -3.59. The van der Waals surface area contributed by atoms with Gasteiger partial charge in [-0.15, -0.1) is 0 Å². The predicted octanol–water partition coefficient (Wildman–Crippen LogP) is 2.53. The van der Waals surface area contributed by atoms with E-state index in [1.165, 1.54) is 28.6 Å². The van der Waals surface area contributed by atoms with E-state index in [1.54, 1.807) is 0 Å². The number of ether oxygens (including phenoxy) is 1. The topological polar surface area (TPSA) is 113 Å². The van der Waals surface area contributed by atoms with Gasteiger partial charge in [-0.2, -0.15) is 4.31 Å². The number of piperidine rings is 1. The smallest absolute Gasteiger partial charge is 0.338 e. The summed E-state index contributed by atoms with van der Waals surface area (Å²) in [4.78, 5) is 24.4. The van der Waals surface area contributed by atoms with E-state index in [9.17, 15) is 23.1 Å². The minimum absolute atomic E-state index is 0.178. The maximum Gasteiger partial charge on any atom is 0.338 e. The van der Waals surface area contributed by atoms with Crippen LogP contribution < -0.4 is 5.32 Å². The predicted molar refractivity (Wildman–Crippen MR) is 116 cm³/mol. The first-order chi connectivity index (χ1) is 14.6. The van der Waals surface area contributed by atoms with Crippen molar-refractivity contribution in [1.29, 1.82) is 0 Å². The molecule has 1 saturated heterocycles. The molecule has 2 aliphatic rings. The average molecular weight is 453 g/mol. The van der Waals surface area contributed by atoms with Crippen LogP contribution in [0.3, 0.4) is 0 Å². The zero-order valence-corrected chi connectivity index (χ0v) is 19.0. The quantitative estimate of drug-likeness (QED) is 0.642. The number of amides is 1. The van der Waals surface area contributed by atoms with Crippen molar-refractivity contribution in [2.75, 3.05) is 25.0 Å². The lowest BCUT2D eigenvalue weighted by molar-refractivity contribution is -0.170. The summed E-state index contributed by atoms with van der Waals surface area (Å²) in [6.07, 6.45) is 4.18. The van der Waals surface area contributed by atoms with Crippen molar-refractivity contribution in [3.8, 4) is 0 Å². The highest BCUT2D eigenvalue weighted by Gasteiger charge is 2.39. The number of hydrogen-bond donors (Lipinski definition) is 2. The fourth-order valence-electron chi connectivity index (χ4n) is 4.46. The Balaban J connectivity index is 1.55. The molecule has 1 aromatic carbocycles. The van der Waals surface area contributed by atoms with E-state index in [0.29, 0.717) is 43.5 Å². The van der Waals surface area contributed by atoms with Crippen molar-refractivity contribution in [2.45, 2.75) is 62.9 Å². The highest BCUT2D eigenvalue weighted by molar-refractivity contribution is 7.89. The number of carbonyl (C=O) groups excluding carboxylic acids is 2. The van der Waals surface area contributed by atoms with Crippen LogP contribution in [0.4, 0.5) is 5.69 Å². The molecule has 0 radical (unpaired) electrons. The lowest BCUT2D eigenvalue weighted by Gasteiger charge is -2.34. The van der Waals surface area contributed by atoms with Gasteiger partial charge in [0.1, 0.15) is 0 Å². The number of carbonyl (C=O) groups is 2. The number of anilines is 1. The minimum Gasteiger partial charge on any atom is -0.453 e. The summed E-state index contributed by atoms with van der Waals surface area (Å²) in [6.45, 7) is 4.60. The molecule has 0 spiro atoms. The number of rotatable bonds is 6. The normalized spacial score (nSPS) is 24.4. The van der Waals surface area contributed by atoms with Crippen LogP contribution in [0.25, 0.3) is 0 Å². The summed E-state index contributed by atoms with van der Waals surface area (Å²) in [5.74, 6) is -0.700. The van der Waals surface area contributed by atoms with E-state index in [-0.39, 0.29) is 4.90 Å². The summed E-state index contributed by atoms with van der Waals surface area (Å²) in [5.41, 5.74) is -1.10. The fourth-order valence-corrected chi connectivity index (χ4v) is 6.14. The van der Waals surface area contributed by atoms with Gasteiger partial charge in [0.15, 0.2) is 12.2 Å². The molecule has 9 heteroatoms. The van der Waals surface area contributed by atoms with Crippen molar-refractivity contribution in [3.63, 3.8) is 0 Å². The van der Waals surface area contributed by atoms with E-state index < -0.39 is 34.1 Å². The van der Waals surface area contributed by atoms with E-state index in [0.717, 1.165) is 25.7 Å². The largest absolute Gasteiger partial charge is 0.453 e. The molecule has 0 bridgehead atoms. The van der Waals surface area contributed by atoms with Gasteiger partial charge < -0.3 is 15.2 Å². The number of nitrogens with zero attached hydrogens (tertiary/aromatic N) is 1. The van der Waals surface area contributed by atoms with E-state index in [1.807, 2.05) is 0 Å². The molecule has 3 rings (SSSR count). The second-order valence-electron chi connectivity index (χ2n) is 9.01. The molecule has 2 fully saturated rings. The lowest BCUT2D eigenvalue weighted by atomic mass is 9.85. The van der Waals surface area contributed by atoms with Crippen LogP contribution in [0, 0.1) is 11.8 Å². The molecule has 1 aromatic rings. The molecule has 2 N–H and O–H groups in total. The van der Waals surface area contributed by atoms with Gasteiger partial charge in [-0.1, -0.05) is 20.3 Å². The Morgan fingerprint density at radius 2 is 1.68 bits per heavy atom. The molecule has 1 saturated carbocycles. The first kappa shape index (κ1) is 23.7. The summed E-state index contributed by atoms with van der Waals surface area (Å²) in [5, 5.41) is 12.9. The maximum atomic E-state index is 12.9. The zero-order valence-electron chi connectivity index (χ0n) is 18.2. The fraction of sp³-hybridized carbons (Fsp3) is 0.636. The van der Waals surface area contributed by atoms with Crippen LogP contribution in [-0.2, 0) is 24.3 Å². The molecule has 8 nitrogen and oxygen atoms in total. The van der Waals surface area contributed by atoms with Gasteiger partial charge in [-0.3, -0.25) is 4.79 Å². The van der Waals surface area contributed by atoms with Gasteiger partial charge in [0.25, 0.3) is 5.91 Å². The summed E-state index contributed by atoms with van der Waals surface area (Å²) in [7, 11) is -3.59. The second kappa shape index (κ2) is 9.67. The number of esters is 1. The van der Waals surface area contributed by atoms with Crippen LogP contribution >= 0.6 is 0 Å². The van der Waals surface area contributed by atoms with Gasteiger partial charge in [0, 0.05) is 18.8 Å². The zero-order chi connectivity index (χ0) is 22.6. The van der Waals surface area contributed by atoms with Gasteiger partial charge in [0.05, 0.1) is 4.90 Å². The standard InChI is InChI=1S/C22H32N2O6S/c1-16-12-17(2)14-24(13-16)31(28,29)19-8-6-18(7-9-19)23-20(25)15-30-21(26)22(27)10-4-3-5-11-22/h6-9,16-17,27H,3-5,10-15H2,1-2H3,(H,23,25)/t16-,17-/m1/s1. The molecule has 0 unspecified atom stereocenters. The maximum absolute atomic E-state index is 12.9. The molecule has 1 aliphatic heterocycles. The van der Waals surface area contributed by atoms with Crippen LogP contribution in [-0.4, -0.2) is 55.0 Å². The Morgan fingerprint density at radius 1 is 1.10 bits per heavy atom. The molecule has 172 valence electrons. The molecule has 1 aliphatic carbocycles. The Kier molecular flexibility index (Phi) is 7.39. The van der Waals surface area contributed by atoms with Gasteiger partial charge in [0.2, 0.25) is 10.0 Å². The van der Waals surface area contributed by atoms with Crippen LogP contribution in [0.5, 0.6) is 0 Å². The van der Waals surface area contributed by atoms with Gasteiger partial charge >= 0.3 is 5.97 Å². The Labute approximate surface area is 184 Å². The molecule has 0 aromatic heterocycles. The highest BCUT2D eigenvalue weighted by Crippen LogP contribution is 2.29.